The lowest BCUT2D eigenvalue weighted by atomic mass is 10.0. The number of carbonyl (C=O) groups excluding carboxylic acids is 1. The van der Waals surface area contributed by atoms with E-state index >= 15 is 0 Å². The van der Waals surface area contributed by atoms with Gasteiger partial charge in [-0.3, -0.25) is 0 Å². The molecule has 1 aromatic rings. The maximum absolute atomic E-state index is 12.1. The van der Waals surface area contributed by atoms with Crippen molar-refractivity contribution >= 4 is 17.5 Å². The molecule has 1 saturated heterocycles. The Labute approximate surface area is 132 Å². The van der Waals surface area contributed by atoms with Gasteiger partial charge in [0.15, 0.2) is 0 Å². The first kappa shape index (κ1) is 16.5. The third-order valence-corrected chi connectivity index (χ3v) is 3.80. The molecule has 5 nitrogen and oxygen atoms in total. The number of aryl methyl sites for hydroxylation is 1. The number of nitrogens with one attached hydrogen (secondary N) is 1. The highest BCUT2D eigenvalue weighted by Crippen LogP contribution is 2.26. The minimum Gasteiger partial charge on any atom is -0.444 e. The van der Waals surface area contributed by atoms with E-state index in [4.69, 9.17) is 10.5 Å². The summed E-state index contributed by atoms with van der Waals surface area (Å²) in [6.45, 7) is 9.13. The van der Waals surface area contributed by atoms with Gasteiger partial charge >= 0.3 is 6.09 Å². The van der Waals surface area contributed by atoms with Gasteiger partial charge in [0.2, 0.25) is 0 Å². The number of piperidine rings is 1. The number of nitrogens with zero attached hydrogens (tertiary/aromatic N) is 1. The van der Waals surface area contributed by atoms with Crippen LogP contribution in [0.25, 0.3) is 0 Å². The molecular weight excluding hydrogens is 278 g/mol. The maximum atomic E-state index is 12.1. The molecule has 1 aliphatic rings. The molecule has 1 amide bonds. The van der Waals surface area contributed by atoms with Crippen LogP contribution in [0.5, 0.6) is 0 Å². The molecule has 0 aliphatic carbocycles. The van der Waals surface area contributed by atoms with Crippen LogP contribution in [-0.4, -0.2) is 35.7 Å². The minimum atomic E-state index is -0.443. The van der Waals surface area contributed by atoms with E-state index in [0.717, 1.165) is 29.8 Å². The highest BCUT2D eigenvalue weighted by Gasteiger charge is 2.27. The summed E-state index contributed by atoms with van der Waals surface area (Å²) >= 11 is 0. The van der Waals surface area contributed by atoms with Crippen LogP contribution in [-0.2, 0) is 4.74 Å². The number of ether oxygens (including phenoxy) is 1. The first-order valence-corrected chi connectivity index (χ1v) is 7.86. The van der Waals surface area contributed by atoms with Gasteiger partial charge in [-0.05, 0) is 52.2 Å². The maximum Gasteiger partial charge on any atom is 0.410 e. The molecule has 22 heavy (non-hydrogen) atoms. The van der Waals surface area contributed by atoms with E-state index in [9.17, 15) is 4.79 Å². The topological polar surface area (TPSA) is 67.6 Å². The second-order valence-corrected chi connectivity index (χ2v) is 6.93. The lowest BCUT2D eigenvalue weighted by molar-refractivity contribution is 0.0210. The van der Waals surface area contributed by atoms with Gasteiger partial charge in [0.25, 0.3) is 0 Å². The monoisotopic (exact) mass is 305 g/mol. The Morgan fingerprint density at radius 3 is 2.50 bits per heavy atom. The average Bonchev–Trinajstić information content (AvgIpc) is 2.42. The molecule has 0 saturated carbocycles. The summed E-state index contributed by atoms with van der Waals surface area (Å²) < 4.78 is 5.42. The number of carbonyl (C=O) groups is 1. The third-order valence-electron chi connectivity index (χ3n) is 3.80. The largest absolute Gasteiger partial charge is 0.444 e. The number of anilines is 2. The zero-order chi connectivity index (χ0) is 16.3. The number of likely N-dealkylation sites (tertiary alicyclic amines) is 1. The van der Waals surface area contributed by atoms with Crippen molar-refractivity contribution in [2.24, 2.45) is 0 Å². The number of benzene rings is 1. The number of para-hydroxylation sites is 1. The van der Waals surface area contributed by atoms with Crippen molar-refractivity contribution in [2.75, 3.05) is 24.1 Å². The highest BCUT2D eigenvalue weighted by molar-refractivity contribution is 5.70. The van der Waals surface area contributed by atoms with Gasteiger partial charge in [-0.15, -0.1) is 0 Å². The normalized spacial score (nSPS) is 16.5. The van der Waals surface area contributed by atoms with E-state index in [-0.39, 0.29) is 6.09 Å². The zero-order valence-corrected chi connectivity index (χ0v) is 14.0. The lowest BCUT2D eigenvalue weighted by Crippen LogP contribution is -2.44. The van der Waals surface area contributed by atoms with Crippen LogP contribution < -0.4 is 11.1 Å². The zero-order valence-electron chi connectivity index (χ0n) is 14.0. The molecule has 1 aliphatic heterocycles. The minimum absolute atomic E-state index is 0.221. The molecule has 0 radical (unpaired) electrons. The van der Waals surface area contributed by atoms with Crippen molar-refractivity contribution in [3.8, 4) is 0 Å². The van der Waals surface area contributed by atoms with Crippen molar-refractivity contribution < 1.29 is 9.53 Å². The summed E-state index contributed by atoms with van der Waals surface area (Å²) in [4.78, 5) is 13.8. The summed E-state index contributed by atoms with van der Waals surface area (Å²) in [5, 5.41) is 3.52. The number of hydrogen-bond acceptors (Lipinski definition) is 4. The Morgan fingerprint density at radius 2 is 1.95 bits per heavy atom. The van der Waals surface area contributed by atoms with Gasteiger partial charge in [-0.2, -0.15) is 0 Å². The van der Waals surface area contributed by atoms with Gasteiger partial charge in [0.05, 0.1) is 11.4 Å². The van der Waals surface area contributed by atoms with Crippen LogP contribution in [0.2, 0.25) is 0 Å². The van der Waals surface area contributed by atoms with Crippen LogP contribution >= 0.6 is 0 Å². The van der Waals surface area contributed by atoms with Crippen molar-refractivity contribution in [3.05, 3.63) is 23.8 Å². The summed E-state index contributed by atoms with van der Waals surface area (Å²) in [7, 11) is 0. The molecular formula is C17H27N3O2. The molecule has 1 aromatic carbocycles. The quantitative estimate of drug-likeness (QED) is 0.822. The van der Waals surface area contributed by atoms with Gasteiger partial charge in [0, 0.05) is 19.1 Å². The third kappa shape index (κ3) is 4.29. The van der Waals surface area contributed by atoms with Crippen molar-refractivity contribution in [1.82, 2.24) is 4.90 Å². The van der Waals surface area contributed by atoms with Crippen molar-refractivity contribution in [2.45, 2.75) is 52.2 Å². The van der Waals surface area contributed by atoms with E-state index in [2.05, 4.69) is 18.3 Å². The number of rotatable bonds is 2. The van der Waals surface area contributed by atoms with Gasteiger partial charge in [0.1, 0.15) is 5.60 Å². The van der Waals surface area contributed by atoms with E-state index in [1.165, 1.54) is 0 Å². The molecule has 122 valence electrons. The number of nitrogen functional groups attached to an aromatic ring is 1. The molecule has 2 rings (SSSR count). The van der Waals surface area contributed by atoms with Crippen LogP contribution in [0.3, 0.4) is 0 Å². The van der Waals surface area contributed by atoms with Crippen LogP contribution in [0.15, 0.2) is 18.2 Å². The SMILES string of the molecule is Cc1cccc(N)c1NC1CCN(C(=O)OC(C)(C)C)CC1. The first-order chi connectivity index (χ1) is 10.3. The molecule has 0 aromatic heterocycles. The average molecular weight is 305 g/mol. The Morgan fingerprint density at radius 1 is 1.32 bits per heavy atom. The molecule has 1 fully saturated rings. The van der Waals surface area contributed by atoms with Crippen molar-refractivity contribution in [1.29, 1.82) is 0 Å². The van der Waals surface area contributed by atoms with Gasteiger partial charge in [-0.1, -0.05) is 12.1 Å². The van der Waals surface area contributed by atoms with E-state index in [0.29, 0.717) is 19.1 Å². The second kappa shape index (κ2) is 6.46. The summed E-state index contributed by atoms with van der Waals surface area (Å²) in [6.07, 6.45) is 1.57. The number of amides is 1. The summed E-state index contributed by atoms with van der Waals surface area (Å²) in [6, 6.07) is 6.25. The fourth-order valence-electron chi connectivity index (χ4n) is 2.62. The molecule has 0 bridgehead atoms. The van der Waals surface area contributed by atoms with E-state index < -0.39 is 5.60 Å². The first-order valence-electron chi connectivity index (χ1n) is 7.86. The van der Waals surface area contributed by atoms with E-state index in [1.807, 2.05) is 32.9 Å². The number of nitrogens with two attached hydrogens (primary N) is 1. The number of hydrogen-bond donors (Lipinski definition) is 2. The molecule has 0 atom stereocenters. The van der Waals surface area contributed by atoms with E-state index in [1.54, 1.807) is 4.90 Å². The smallest absolute Gasteiger partial charge is 0.410 e. The standard InChI is InChI=1S/C17H27N3O2/c1-12-6-5-7-14(18)15(12)19-13-8-10-20(11-9-13)16(21)22-17(2,3)4/h5-7,13,19H,8-11,18H2,1-4H3. The van der Waals surface area contributed by atoms with Gasteiger partial charge in [-0.25, -0.2) is 4.79 Å². The predicted molar refractivity (Wildman–Crippen MR) is 90.0 cm³/mol. The molecule has 3 N–H and O–H groups in total. The van der Waals surface area contributed by atoms with Gasteiger partial charge < -0.3 is 20.7 Å². The molecule has 0 unspecified atom stereocenters. The summed E-state index contributed by atoms with van der Waals surface area (Å²) in [5.74, 6) is 0. The predicted octanol–water partition coefficient (Wildman–Crippen LogP) is 3.39. The Bertz CT molecular complexity index is 509. The molecule has 0 spiro atoms. The summed E-state index contributed by atoms with van der Waals surface area (Å²) in [5.41, 5.74) is 8.53. The lowest BCUT2D eigenvalue weighted by Gasteiger charge is -2.34. The van der Waals surface area contributed by atoms with Crippen LogP contribution in [0.1, 0.15) is 39.2 Å². The second-order valence-electron chi connectivity index (χ2n) is 6.93. The highest BCUT2D eigenvalue weighted by atomic mass is 16.6. The molecule has 1 heterocycles. The Hall–Kier alpha value is -1.91. The van der Waals surface area contributed by atoms with Crippen LogP contribution in [0, 0.1) is 6.92 Å². The fourth-order valence-corrected chi connectivity index (χ4v) is 2.62. The Kier molecular flexibility index (Phi) is 4.84. The van der Waals surface area contributed by atoms with Crippen LogP contribution in [0.4, 0.5) is 16.2 Å². The fraction of sp³-hybridized carbons (Fsp3) is 0.588. The van der Waals surface area contributed by atoms with Crippen molar-refractivity contribution in [3.63, 3.8) is 0 Å². The Balaban J connectivity index is 1.89. The molecule has 5 heteroatoms.